The molecule has 9 nitrogen and oxygen atoms in total. The molecule has 0 radical (unpaired) electrons. The number of non-ortho nitro benzene ring substituents is 1. The molecule has 1 amide bonds. The monoisotopic (exact) mass is 511 g/mol. The van der Waals surface area contributed by atoms with Gasteiger partial charge in [-0.1, -0.05) is 23.7 Å². The molecule has 186 valence electrons. The first-order chi connectivity index (χ1) is 17.4. The van der Waals surface area contributed by atoms with Crippen LogP contribution in [-0.2, 0) is 24.1 Å². The SMILES string of the molecule is O=C(c1ccc([N+](=O)[O-])cc1Cl)N1CCc2nc(Cc3ccc(F)cc3)nc(N3CCOCC3)c2C1. The Kier molecular flexibility index (Phi) is 6.80. The summed E-state index contributed by atoms with van der Waals surface area (Å²) in [5.74, 6) is 0.814. The van der Waals surface area contributed by atoms with Crippen molar-refractivity contribution >= 4 is 29.0 Å². The Balaban J connectivity index is 1.45. The lowest BCUT2D eigenvalue weighted by molar-refractivity contribution is -0.384. The Morgan fingerprint density at radius 1 is 1.11 bits per heavy atom. The number of morpholine rings is 1. The van der Waals surface area contributed by atoms with Crippen LogP contribution in [0.25, 0.3) is 0 Å². The third-order valence-corrected chi connectivity index (χ3v) is 6.66. The molecule has 2 aromatic carbocycles. The van der Waals surface area contributed by atoms with Gasteiger partial charge in [-0.2, -0.15) is 0 Å². The minimum Gasteiger partial charge on any atom is -0.378 e. The van der Waals surface area contributed by atoms with Gasteiger partial charge in [0.1, 0.15) is 17.5 Å². The Morgan fingerprint density at radius 3 is 2.56 bits per heavy atom. The summed E-state index contributed by atoms with van der Waals surface area (Å²) in [5, 5.41) is 11.1. The van der Waals surface area contributed by atoms with Crippen LogP contribution in [-0.4, -0.2) is 58.5 Å². The highest BCUT2D eigenvalue weighted by molar-refractivity contribution is 6.34. The lowest BCUT2D eigenvalue weighted by atomic mass is 10.0. The molecule has 36 heavy (non-hydrogen) atoms. The minimum atomic E-state index is -0.549. The van der Waals surface area contributed by atoms with Crippen LogP contribution >= 0.6 is 11.6 Å². The van der Waals surface area contributed by atoms with E-state index in [9.17, 15) is 19.3 Å². The number of rotatable bonds is 5. The molecule has 1 aromatic heterocycles. The molecular weight excluding hydrogens is 489 g/mol. The molecule has 0 unspecified atom stereocenters. The number of benzene rings is 2. The predicted octanol–water partition coefficient (Wildman–Crippen LogP) is 3.80. The highest BCUT2D eigenvalue weighted by Crippen LogP contribution is 2.30. The van der Waals surface area contributed by atoms with Gasteiger partial charge < -0.3 is 14.5 Å². The average Bonchev–Trinajstić information content (AvgIpc) is 2.89. The maximum Gasteiger partial charge on any atom is 0.270 e. The quantitative estimate of drug-likeness (QED) is 0.379. The molecule has 3 heterocycles. The van der Waals surface area contributed by atoms with Crippen molar-refractivity contribution in [2.75, 3.05) is 37.7 Å². The number of carbonyl (C=O) groups is 1. The highest BCUT2D eigenvalue weighted by Gasteiger charge is 2.30. The smallest absolute Gasteiger partial charge is 0.270 e. The van der Waals surface area contributed by atoms with Gasteiger partial charge in [-0.25, -0.2) is 14.4 Å². The summed E-state index contributed by atoms with van der Waals surface area (Å²) in [7, 11) is 0. The average molecular weight is 512 g/mol. The second kappa shape index (κ2) is 10.2. The van der Waals surface area contributed by atoms with E-state index in [1.165, 1.54) is 30.3 Å². The fourth-order valence-electron chi connectivity index (χ4n) is 4.48. The minimum absolute atomic E-state index is 0.0410. The summed E-state index contributed by atoms with van der Waals surface area (Å²) in [4.78, 5) is 37.3. The summed E-state index contributed by atoms with van der Waals surface area (Å²) in [6, 6.07) is 10.1. The Labute approximate surface area is 211 Å². The molecule has 1 saturated heterocycles. The lowest BCUT2D eigenvalue weighted by Gasteiger charge is -2.34. The fourth-order valence-corrected chi connectivity index (χ4v) is 4.74. The summed E-state index contributed by atoms with van der Waals surface area (Å²) >= 11 is 6.23. The second-order valence-corrected chi connectivity index (χ2v) is 9.10. The predicted molar refractivity (Wildman–Crippen MR) is 131 cm³/mol. The zero-order chi connectivity index (χ0) is 25.2. The van der Waals surface area contributed by atoms with Crippen LogP contribution in [0.15, 0.2) is 42.5 Å². The normalized spacial score (nSPS) is 15.5. The van der Waals surface area contributed by atoms with Crippen LogP contribution in [0, 0.1) is 15.9 Å². The van der Waals surface area contributed by atoms with Gasteiger partial charge in [0.15, 0.2) is 0 Å². The first-order valence-electron chi connectivity index (χ1n) is 11.6. The fraction of sp³-hybridized carbons (Fsp3) is 0.320. The third kappa shape index (κ3) is 5.00. The van der Waals surface area contributed by atoms with Crippen molar-refractivity contribution in [3.05, 3.63) is 91.6 Å². The third-order valence-electron chi connectivity index (χ3n) is 6.35. The number of hydrogen-bond acceptors (Lipinski definition) is 7. The van der Waals surface area contributed by atoms with Crippen molar-refractivity contribution in [2.24, 2.45) is 0 Å². The number of halogens is 2. The number of carbonyl (C=O) groups excluding carboxylic acids is 1. The number of ether oxygens (including phenoxy) is 1. The molecule has 5 rings (SSSR count). The molecule has 2 aliphatic rings. The van der Waals surface area contributed by atoms with Gasteiger partial charge in [-0.05, 0) is 23.8 Å². The molecule has 3 aromatic rings. The Morgan fingerprint density at radius 2 is 1.86 bits per heavy atom. The van der Waals surface area contributed by atoms with Crippen LogP contribution < -0.4 is 4.90 Å². The number of hydrogen-bond donors (Lipinski definition) is 0. The Hall–Kier alpha value is -3.63. The number of nitro groups is 1. The largest absolute Gasteiger partial charge is 0.378 e. The number of aromatic nitrogens is 2. The van der Waals surface area contributed by atoms with E-state index in [0.717, 1.165) is 22.6 Å². The molecule has 0 bridgehead atoms. The van der Waals surface area contributed by atoms with E-state index in [4.69, 9.17) is 26.3 Å². The molecule has 0 atom stereocenters. The lowest BCUT2D eigenvalue weighted by Crippen LogP contribution is -2.41. The van der Waals surface area contributed by atoms with Crippen LogP contribution in [0.3, 0.4) is 0 Å². The van der Waals surface area contributed by atoms with Gasteiger partial charge in [0.2, 0.25) is 0 Å². The van der Waals surface area contributed by atoms with Crippen LogP contribution in [0.4, 0.5) is 15.9 Å². The van der Waals surface area contributed by atoms with E-state index in [0.29, 0.717) is 58.1 Å². The first-order valence-corrected chi connectivity index (χ1v) is 12.0. The van der Waals surface area contributed by atoms with Crippen molar-refractivity contribution < 1.29 is 18.8 Å². The van der Waals surface area contributed by atoms with Crippen molar-refractivity contribution in [2.45, 2.75) is 19.4 Å². The molecule has 0 spiro atoms. The zero-order valence-corrected chi connectivity index (χ0v) is 20.1. The van der Waals surface area contributed by atoms with E-state index in [-0.39, 0.29) is 28.0 Å². The second-order valence-electron chi connectivity index (χ2n) is 8.69. The summed E-state index contributed by atoms with van der Waals surface area (Å²) in [6.45, 7) is 3.21. The molecule has 0 saturated carbocycles. The van der Waals surface area contributed by atoms with Gasteiger partial charge in [-0.3, -0.25) is 14.9 Å². The van der Waals surface area contributed by atoms with Crippen LogP contribution in [0.2, 0.25) is 5.02 Å². The van der Waals surface area contributed by atoms with E-state index in [1.807, 2.05) is 0 Å². The van der Waals surface area contributed by atoms with Gasteiger partial charge in [0.25, 0.3) is 11.6 Å². The van der Waals surface area contributed by atoms with Gasteiger partial charge in [0.05, 0.1) is 41.0 Å². The topological polar surface area (TPSA) is 102 Å². The van der Waals surface area contributed by atoms with Crippen molar-refractivity contribution in [3.63, 3.8) is 0 Å². The highest BCUT2D eigenvalue weighted by atomic mass is 35.5. The maximum absolute atomic E-state index is 13.3. The van der Waals surface area contributed by atoms with Crippen molar-refractivity contribution in [3.8, 4) is 0 Å². The number of nitrogens with zero attached hydrogens (tertiary/aromatic N) is 5. The summed E-state index contributed by atoms with van der Waals surface area (Å²) in [5.41, 5.74) is 2.70. The van der Waals surface area contributed by atoms with E-state index in [1.54, 1.807) is 17.0 Å². The summed E-state index contributed by atoms with van der Waals surface area (Å²) < 4.78 is 18.9. The molecule has 2 aliphatic heterocycles. The molecule has 11 heteroatoms. The van der Waals surface area contributed by atoms with Gasteiger partial charge >= 0.3 is 0 Å². The van der Waals surface area contributed by atoms with E-state index in [2.05, 4.69) is 4.90 Å². The maximum atomic E-state index is 13.3. The molecular formula is C25H23ClFN5O4. The number of nitro benzene ring substituents is 1. The van der Waals surface area contributed by atoms with Crippen LogP contribution in [0.5, 0.6) is 0 Å². The van der Waals surface area contributed by atoms with E-state index >= 15 is 0 Å². The van der Waals surface area contributed by atoms with Gasteiger partial charge in [-0.15, -0.1) is 0 Å². The zero-order valence-electron chi connectivity index (χ0n) is 19.3. The molecule has 1 fully saturated rings. The summed E-state index contributed by atoms with van der Waals surface area (Å²) in [6.07, 6.45) is 0.994. The van der Waals surface area contributed by atoms with Crippen molar-refractivity contribution in [1.29, 1.82) is 0 Å². The Bertz CT molecular complexity index is 1310. The first kappa shape index (κ1) is 24.1. The standard InChI is InChI=1S/C25H23ClFN5O4/c26-21-14-18(32(34)35)5-6-19(21)25(33)31-8-7-22-20(15-31)24(30-9-11-36-12-10-30)29-23(28-22)13-16-1-3-17(27)4-2-16/h1-6,14H,7-13,15H2. The van der Waals surface area contributed by atoms with E-state index < -0.39 is 4.92 Å². The van der Waals surface area contributed by atoms with Crippen molar-refractivity contribution in [1.82, 2.24) is 14.9 Å². The van der Waals surface area contributed by atoms with Crippen LogP contribution in [0.1, 0.15) is 33.0 Å². The number of amides is 1. The molecule has 0 N–H and O–H groups in total. The number of fused-ring (bicyclic) bond motifs is 1. The molecule has 0 aliphatic carbocycles. The van der Waals surface area contributed by atoms with Gasteiger partial charge in [0, 0.05) is 50.2 Å². The number of anilines is 1.